The predicted octanol–water partition coefficient (Wildman–Crippen LogP) is 3.82. The monoisotopic (exact) mass is 356 g/mol. The third-order valence-corrected chi connectivity index (χ3v) is 5.41. The minimum atomic E-state index is -0.383. The van der Waals surface area contributed by atoms with E-state index in [4.69, 9.17) is 0 Å². The number of hydrogen-bond donors (Lipinski definition) is 1. The second kappa shape index (κ2) is 7.40. The maximum absolute atomic E-state index is 13.2. The van der Waals surface area contributed by atoms with Gasteiger partial charge in [-0.2, -0.15) is 0 Å². The number of carbonyl (C=O) groups is 2. The Labute approximate surface area is 152 Å². The Morgan fingerprint density at radius 3 is 2.64 bits per heavy atom. The molecule has 5 heteroatoms. The largest absolute Gasteiger partial charge is 0.356 e. The van der Waals surface area contributed by atoms with Gasteiger partial charge in [-0.25, -0.2) is 0 Å². The first-order valence-electron chi connectivity index (χ1n) is 8.75. The molecule has 0 unspecified atom stereocenters. The minimum Gasteiger partial charge on any atom is -0.356 e. The smallest absolute Gasteiger partial charge is 0.254 e. The summed E-state index contributed by atoms with van der Waals surface area (Å²) >= 11 is 1.60. The number of carbonyl (C=O) groups excluding carboxylic acids is 2. The molecule has 0 spiro atoms. The van der Waals surface area contributed by atoms with Crippen molar-refractivity contribution in [3.8, 4) is 0 Å². The standard InChI is InChI=1S/C20H24N2O2S/c1-4-21-19(23)17-14-8-5-6-9-15(14)20(24)22(12-13(2)3)18(17)16-10-7-11-25-16/h5-11,13,17-18H,4,12H2,1-3H3,(H,21,23)/t17-,18-/m0/s1. The molecule has 2 aromatic rings. The molecule has 2 heterocycles. The molecule has 4 nitrogen and oxygen atoms in total. The molecule has 0 aliphatic carbocycles. The molecule has 0 bridgehead atoms. The molecule has 1 N–H and O–H groups in total. The highest BCUT2D eigenvalue weighted by atomic mass is 32.1. The van der Waals surface area contributed by atoms with Crippen molar-refractivity contribution in [1.29, 1.82) is 0 Å². The van der Waals surface area contributed by atoms with Crippen LogP contribution in [0, 0.1) is 5.92 Å². The van der Waals surface area contributed by atoms with Gasteiger partial charge in [0.2, 0.25) is 5.91 Å². The lowest BCUT2D eigenvalue weighted by Crippen LogP contribution is -2.48. The normalized spacial score (nSPS) is 19.8. The van der Waals surface area contributed by atoms with Gasteiger partial charge in [-0.1, -0.05) is 38.1 Å². The predicted molar refractivity (Wildman–Crippen MR) is 101 cm³/mol. The fraction of sp³-hybridized carbons (Fsp3) is 0.400. The van der Waals surface area contributed by atoms with Gasteiger partial charge in [0, 0.05) is 23.5 Å². The molecule has 2 atom stereocenters. The lowest BCUT2D eigenvalue weighted by Gasteiger charge is -2.42. The Kier molecular flexibility index (Phi) is 5.23. The molecule has 0 radical (unpaired) electrons. The van der Waals surface area contributed by atoms with E-state index in [1.165, 1.54) is 0 Å². The lowest BCUT2D eigenvalue weighted by molar-refractivity contribution is -0.124. The van der Waals surface area contributed by atoms with Gasteiger partial charge in [-0.15, -0.1) is 11.3 Å². The van der Waals surface area contributed by atoms with E-state index in [0.717, 1.165) is 10.4 Å². The van der Waals surface area contributed by atoms with E-state index in [9.17, 15) is 9.59 Å². The minimum absolute atomic E-state index is 0.0169. The summed E-state index contributed by atoms with van der Waals surface area (Å²) in [7, 11) is 0. The fourth-order valence-corrected chi connectivity index (χ4v) is 4.40. The Morgan fingerprint density at radius 1 is 1.24 bits per heavy atom. The number of nitrogens with one attached hydrogen (secondary N) is 1. The Bertz CT molecular complexity index is 755. The second-order valence-corrected chi connectivity index (χ2v) is 7.75. The second-order valence-electron chi connectivity index (χ2n) is 6.77. The van der Waals surface area contributed by atoms with E-state index in [0.29, 0.717) is 24.6 Å². The number of nitrogens with zero attached hydrogens (tertiary/aromatic N) is 1. The summed E-state index contributed by atoms with van der Waals surface area (Å²) < 4.78 is 0. The van der Waals surface area contributed by atoms with Crippen LogP contribution in [0.3, 0.4) is 0 Å². The van der Waals surface area contributed by atoms with Crippen molar-refractivity contribution < 1.29 is 9.59 Å². The van der Waals surface area contributed by atoms with Crippen molar-refractivity contribution in [2.75, 3.05) is 13.1 Å². The van der Waals surface area contributed by atoms with Crippen LogP contribution in [0.15, 0.2) is 41.8 Å². The molecular weight excluding hydrogens is 332 g/mol. The molecule has 0 saturated heterocycles. The highest BCUT2D eigenvalue weighted by Gasteiger charge is 2.44. The first-order chi connectivity index (χ1) is 12.0. The van der Waals surface area contributed by atoms with Crippen molar-refractivity contribution in [2.24, 2.45) is 5.92 Å². The molecule has 132 valence electrons. The molecular formula is C20H24N2O2S. The molecule has 3 rings (SSSR count). The van der Waals surface area contributed by atoms with E-state index in [1.807, 2.05) is 53.6 Å². The fourth-order valence-electron chi connectivity index (χ4n) is 3.53. The van der Waals surface area contributed by atoms with Crippen LogP contribution in [0.2, 0.25) is 0 Å². The number of rotatable bonds is 5. The topological polar surface area (TPSA) is 49.4 Å². The van der Waals surface area contributed by atoms with Gasteiger partial charge < -0.3 is 10.2 Å². The number of thiophene rings is 1. The van der Waals surface area contributed by atoms with Crippen molar-refractivity contribution in [2.45, 2.75) is 32.7 Å². The molecule has 1 aromatic carbocycles. The van der Waals surface area contributed by atoms with Crippen LogP contribution < -0.4 is 5.32 Å². The first-order valence-corrected chi connectivity index (χ1v) is 9.63. The van der Waals surface area contributed by atoms with Crippen LogP contribution in [0.4, 0.5) is 0 Å². The highest BCUT2D eigenvalue weighted by molar-refractivity contribution is 7.10. The molecule has 0 fully saturated rings. The van der Waals surface area contributed by atoms with E-state index in [-0.39, 0.29) is 23.8 Å². The van der Waals surface area contributed by atoms with Gasteiger partial charge >= 0.3 is 0 Å². The summed E-state index contributed by atoms with van der Waals surface area (Å²) in [6, 6.07) is 11.3. The lowest BCUT2D eigenvalue weighted by atomic mass is 9.81. The first kappa shape index (κ1) is 17.7. The number of benzene rings is 1. The van der Waals surface area contributed by atoms with Crippen LogP contribution in [-0.4, -0.2) is 29.8 Å². The third-order valence-electron chi connectivity index (χ3n) is 4.47. The van der Waals surface area contributed by atoms with Gasteiger partial charge in [0.1, 0.15) is 0 Å². The van der Waals surface area contributed by atoms with E-state index < -0.39 is 0 Å². The molecule has 1 aromatic heterocycles. The molecule has 1 aliphatic heterocycles. The summed E-state index contributed by atoms with van der Waals surface area (Å²) in [4.78, 5) is 29.1. The van der Waals surface area contributed by atoms with Crippen LogP contribution >= 0.6 is 11.3 Å². The summed E-state index contributed by atoms with van der Waals surface area (Å²) in [6.45, 7) is 7.32. The average molecular weight is 356 g/mol. The third kappa shape index (κ3) is 3.33. The van der Waals surface area contributed by atoms with E-state index in [2.05, 4.69) is 19.2 Å². The summed E-state index contributed by atoms with van der Waals surface area (Å²) in [5, 5.41) is 4.97. The SMILES string of the molecule is CCNC(=O)[C@H]1c2ccccc2C(=O)N(CC(C)C)[C@H]1c1cccs1. The van der Waals surface area contributed by atoms with Crippen LogP contribution in [0.5, 0.6) is 0 Å². The zero-order chi connectivity index (χ0) is 18.0. The van der Waals surface area contributed by atoms with Gasteiger partial charge in [0.05, 0.1) is 12.0 Å². The number of likely N-dealkylation sites (N-methyl/N-ethyl adjacent to an activating group) is 1. The van der Waals surface area contributed by atoms with Crippen molar-refractivity contribution >= 4 is 23.2 Å². The quantitative estimate of drug-likeness (QED) is 0.885. The van der Waals surface area contributed by atoms with Crippen molar-refractivity contribution in [3.05, 3.63) is 57.8 Å². The van der Waals surface area contributed by atoms with Crippen molar-refractivity contribution in [3.63, 3.8) is 0 Å². The zero-order valence-electron chi connectivity index (χ0n) is 14.9. The molecule has 25 heavy (non-hydrogen) atoms. The maximum Gasteiger partial charge on any atom is 0.254 e. The number of hydrogen-bond acceptors (Lipinski definition) is 3. The van der Waals surface area contributed by atoms with Gasteiger partial charge in [-0.3, -0.25) is 9.59 Å². The Morgan fingerprint density at radius 2 is 2.00 bits per heavy atom. The summed E-state index contributed by atoms with van der Waals surface area (Å²) in [5.41, 5.74) is 1.48. The van der Waals surface area contributed by atoms with E-state index >= 15 is 0 Å². The Hall–Kier alpha value is -2.14. The summed E-state index contributed by atoms with van der Waals surface area (Å²) in [5.74, 6) is -0.0596. The Balaban J connectivity index is 2.17. The van der Waals surface area contributed by atoms with Gasteiger partial charge in [-0.05, 0) is 35.9 Å². The number of amides is 2. The maximum atomic E-state index is 13.2. The zero-order valence-corrected chi connectivity index (χ0v) is 15.7. The number of fused-ring (bicyclic) bond motifs is 1. The molecule has 2 amide bonds. The van der Waals surface area contributed by atoms with Crippen molar-refractivity contribution in [1.82, 2.24) is 10.2 Å². The van der Waals surface area contributed by atoms with Crippen LogP contribution in [-0.2, 0) is 4.79 Å². The highest BCUT2D eigenvalue weighted by Crippen LogP contribution is 2.44. The molecule has 1 aliphatic rings. The van der Waals surface area contributed by atoms with Gasteiger partial charge in [0.15, 0.2) is 0 Å². The summed E-state index contributed by atoms with van der Waals surface area (Å²) in [6.07, 6.45) is 0. The van der Waals surface area contributed by atoms with Crippen LogP contribution in [0.1, 0.15) is 53.5 Å². The van der Waals surface area contributed by atoms with Crippen LogP contribution in [0.25, 0.3) is 0 Å². The average Bonchev–Trinajstić information content (AvgIpc) is 3.11. The van der Waals surface area contributed by atoms with E-state index in [1.54, 1.807) is 11.3 Å². The van der Waals surface area contributed by atoms with Gasteiger partial charge in [0.25, 0.3) is 5.91 Å². The molecule has 0 saturated carbocycles.